The van der Waals surface area contributed by atoms with Crippen molar-refractivity contribution in [3.8, 4) is 11.3 Å². The molecule has 31 heavy (non-hydrogen) atoms. The van der Waals surface area contributed by atoms with Gasteiger partial charge in [-0.15, -0.1) is 0 Å². The lowest BCUT2D eigenvalue weighted by Crippen LogP contribution is -2.46. The number of fused-ring (bicyclic) bond motifs is 1. The Bertz CT molecular complexity index is 1140. The Morgan fingerprint density at radius 2 is 1.90 bits per heavy atom. The van der Waals surface area contributed by atoms with Gasteiger partial charge in [0.15, 0.2) is 11.1 Å². The first-order valence-corrected chi connectivity index (χ1v) is 11.1. The third-order valence-corrected chi connectivity index (χ3v) is 5.23. The number of nitrogens with zero attached hydrogens (tertiary/aromatic N) is 2. The first-order chi connectivity index (χ1) is 14.6. The highest BCUT2D eigenvalue weighted by Gasteiger charge is 2.32. The van der Waals surface area contributed by atoms with E-state index in [4.69, 9.17) is 4.74 Å². The van der Waals surface area contributed by atoms with E-state index >= 15 is 0 Å². The minimum absolute atomic E-state index is 0.104. The lowest BCUT2D eigenvalue weighted by molar-refractivity contribution is 0.154. The summed E-state index contributed by atoms with van der Waals surface area (Å²) in [5.41, 5.74) is 1.81. The van der Waals surface area contributed by atoms with E-state index in [0.29, 0.717) is 33.4 Å². The van der Waals surface area contributed by atoms with E-state index in [0.717, 1.165) is 0 Å². The van der Waals surface area contributed by atoms with Crippen molar-refractivity contribution in [3.05, 3.63) is 59.9 Å². The molecule has 164 valence electrons. The topological polar surface area (TPSA) is 79.7 Å². The van der Waals surface area contributed by atoms with Crippen LogP contribution in [0.5, 0.6) is 0 Å². The van der Waals surface area contributed by atoms with Crippen molar-refractivity contribution in [1.29, 1.82) is 0 Å². The van der Waals surface area contributed by atoms with Crippen LogP contribution in [-0.4, -0.2) is 32.0 Å². The summed E-state index contributed by atoms with van der Waals surface area (Å²) in [5, 5.41) is 0.655. The second-order valence-electron chi connectivity index (χ2n) is 8.02. The lowest BCUT2D eigenvalue weighted by atomic mass is 9.99. The normalized spacial score (nSPS) is 12.6. The van der Waals surface area contributed by atoms with E-state index in [-0.39, 0.29) is 12.4 Å². The molecule has 1 amide bonds. The number of ether oxygens (including phenoxy) is 1. The number of anilines is 1. The van der Waals surface area contributed by atoms with Crippen LogP contribution < -0.4 is 4.90 Å². The summed E-state index contributed by atoms with van der Waals surface area (Å²) in [7, 11) is 0. The monoisotopic (exact) mass is 444 g/mol. The minimum atomic E-state index is -2.07. The Labute approximate surface area is 183 Å². The van der Waals surface area contributed by atoms with Crippen LogP contribution in [0.2, 0.25) is 0 Å². The van der Waals surface area contributed by atoms with E-state index < -0.39 is 28.5 Å². The molecule has 0 aliphatic rings. The number of benzene rings is 2. The Hall–Kier alpha value is -2.84. The second kappa shape index (κ2) is 9.11. The summed E-state index contributed by atoms with van der Waals surface area (Å²) in [6.07, 6.45) is -0.539. The zero-order valence-electron chi connectivity index (χ0n) is 17.9. The maximum absolute atomic E-state index is 13.9. The van der Waals surface area contributed by atoms with Gasteiger partial charge in [-0.05, 0) is 51.5 Å². The number of carbonyl (C=O) groups is 1. The molecule has 1 atom stereocenters. The number of amides is 1. The van der Waals surface area contributed by atoms with Gasteiger partial charge in [0.1, 0.15) is 5.82 Å². The third kappa shape index (κ3) is 5.08. The fourth-order valence-electron chi connectivity index (χ4n) is 3.43. The molecule has 3 aromatic rings. The maximum Gasteiger partial charge on any atom is 0.414 e. The van der Waals surface area contributed by atoms with Gasteiger partial charge in [0.25, 0.3) is 0 Å². The second-order valence-corrected chi connectivity index (χ2v) is 8.95. The molecule has 0 saturated heterocycles. The molecule has 1 aromatic heterocycles. The number of aromatic nitrogens is 1. The Balaban J connectivity index is 2.36. The molecule has 0 bridgehead atoms. The summed E-state index contributed by atoms with van der Waals surface area (Å²) in [5.74, 6) is -0.533. The summed E-state index contributed by atoms with van der Waals surface area (Å²) in [4.78, 5) is 19.1. The fraction of sp³-hybridized carbons (Fsp3) is 0.304. The van der Waals surface area contributed by atoms with Crippen LogP contribution in [0.25, 0.3) is 22.2 Å². The number of halogens is 1. The van der Waals surface area contributed by atoms with Crippen molar-refractivity contribution >= 4 is 33.8 Å². The average molecular weight is 445 g/mol. The van der Waals surface area contributed by atoms with Gasteiger partial charge in [0, 0.05) is 22.6 Å². The standard InChI is InChI=1S/C23H25FN2O4S/c1-5-30-22(27)26(23(2,3)4)20-12-15-10-11-17(24)13-19(15)25-21(20)18-9-7-6-8-16(18)14-31(28)29/h6-13H,5,14H2,1-4H3,(H,28,29). The zero-order valence-corrected chi connectivity index (χ0v) is 18.7. The van der Waals surface area contributed by atoms with Crippen LogP contribution in [0.4, 0.5) is 14.9 Å². The van der Waals surface area contributed by atoms with Gasteiger partial charge in [0.2, 0.25) is 0 Å². The summed E-state index contributed by atoms with van der Waals surface area (Å²) >= 11 is -2.07. The van der Waals surface area contributed by atoms with Crippen molar-refractivity contribution < 1.29 is 22.7 Å². The number of hydrogen-bond acceptors (Lipinski definition) is 4. The molecule has 0 spiro atoms. The molecule has 0 aliphatic carbocycles. The first-order valence-electron chi connectivity index (χ1n) is 9.85. The molecular formula is C23H25FN2O4S. The molecule has 1 N–H and O–H groups in total. The van der Waals surface area contributed by atoms with Crippen LogP contribution in [0.3, 0.4) is 0 Å². The fourth-order valence-corrected chi connectivity index (χ4v) is 3.95. The van der Waals surface area contributed by atoms with E-state index in [1.54, 1.807) is 43.3 Å². The SMILES string of the molecule is CCOC(=O)N(c1cc2ccc(F)cc2nc1-c1ccccc1CS(=O)O)C(C)(C)C. The van der Waals surface area contributed by atoms with Crippen molar-refractivity contribution in [1.82, 2.24) is 4.98 Å². The zero-order chi connectivity index (χ0) is 22.8. The van der Waals surface area contributed by atoms with E-state index in [1.807, 2.05) is 20.8 Å². The number of hydrogen-bond donors (Lipinski definition) is 1. The molecule has 1 heterocycles. The Kier molecular flexibility index (Phi) is 6.71. The number of rotatable bonds is 5. The summed E-state index contributed by atoms with van der Waals surface area (Å²) in [6, 6.07) is 13.1. The molecular weight excluding hydrogens is 419 g/mol. The Morgan fingerprint density at radius 3 is 2.55 bits per heavy atom. The van der Waals surface area contributed by atoms with Gasteiger partial charge in [-0.25, -0.2) is 18.4 Å². The smallest absolute Gasteiger partial charge is 0.414 e. The predicted molar refractivity (Wildman–Crippen MR) is 121 cm³/mol. The van der Waals surface area contributed by atoms with Crippen LogP contribution in [0.1, 0.15) is 33.3 Å². The van der Waals surface area contributed by atoms with E-state index in [2.05, 4.69) is 4.98 Å². The summed E-state index contributed by atoms with van der Waals surface area (Å²) in [6.45, 7) is 7.55. The predicted octanol–water partition coefficient (Wildman–Crippen LogP) is 5.52. The van der Waals surface area contributed by atoms with E-state index in [9.17, 15) is 17.9 Å². The quantitative estimate of drug-likeness (QED) is 0.524. The molecule has 0 saturated carbocycles. The molecule has 6 nitrogen and oxygen atoms in total. The maximum atomic E-state index is 13.9. The van der Waals surface area contributed by atoms with Gasteiger partial charge < -0.3 is 9.29 Å². The minimum Gasteiger partial charge on any atom is -0.449 e. The van der Waals surface area contributed by atoms with Crippen molar-refractivity contribution in [3.63, 3.8) is 0 Å². The first kappa shape index (κ1) is 22.8. The van der Waals surface area contributed by atoms with Crippen LogP contribution in [0, 0.1) is 5.82 Å². The molecule has 2 aromatic carbocycles. The van der Waals surface area contributed by atoms with Crippen molar-refractivity contribution in [2.24, 2.45) is 0 Å². The van der Waals surface area contributed by atoms with Crippen molar-refractivity contribution in [2.45, 2.75) is 39.0 Å². The third-order valence-electron chi connectivity index (χ3n) is 4.67. The molecule has 0 aliphatic heterocycles. The van der Waals surface area contributed by atoms with Gasteiger partial charge in [0.05, 0.1) is 29.3 Å². The average Bonchev–Trinajstić information content (AvgIpc) is 2.67. The van der Waals surface area contributed by atoms with Gasteiger partial charge in [-0.3, -0.25) is 4.90 Å². The Morgan fingerprint density at radius 1 is 1.19 bits per heavy atom. The van der Waals surface area contributed by atoms with Crippen LogP contribution in [-0.2, 0) is 21.6 Å². The largest absolute Gasteiger partial charge is 0.449 e. The van der Waals surface area contributed by atoms with Gasteiger partial charge in [-0.2, -0.15) is 0 Å². The molecule has 0 fully saturated rings. The number of pyridine rings is 1. The highest BCUT2D eigenvalue weighted by Crippen LogP contribution is 2.38. The number of carbonyl (C=O) groups excluding carboxylic acids is 1. The van der Waals surface area contributed by atoms with E-state index in [1.165, 1.54) is 17.0 Å². The van der Waals surface area contributed by atoms with Crippen LogP contribution in [0.15, 0.2) is 48.5 Å². The summed E-state index contributed by atoms with van der Waals surface area (Å²) < 4.78 is 40.2. The molecule has 1 unspecified atom stereocenters. The highest BCUT2D eigenvalue weighted by atomic mass is 32.2. The van der Waals surface area contributed by atoms with Gasteiger partial charge in [-0.1, -0.05) is 24.3 Å². The molecule has 8 heteroatoms. The highest BCUT2D eigenvalue weighted by molar-refractivity contribution is 7.78. The molecule has 3 rings (SSSR count). The van der Waals surface area contributed by atoms with Gasteiger partial charge >= 0.3 is 6.09 Å². The van der Waals surface area contributed by atoms with Crippen molar-refractivity contribution in [2.75, 3.05) is 11.5 Å². The molecule has 0 radical (unpaired) electrons. The van der Waals surface area contributed by atoms with Crippen LogP contribution >= 0.6 is 0 Å². The lowest BCUT2D eigenvalue weighted by Gasteiger charge is -2.36.